The van der Waals surface area contributed by atoms with Gasteiger partial charge in [0.05, 0.1) is 6.04 Å². The lowest BCUT2D eigenvalue weighted by molar-refractivity contribution is 0.159. The van der Waals surface area contributed by atoms with Crippen molar-refractivity contribution in [3.05, 3.63) is 34.9 Å². The standard InChI is InChI=1S/C19H29ClN4O/c20-16-6-4-15(5-7-16)18(24-12-2-1-3-13-24)14-22-19(25)23-17-8-10-21-11-9-17/h4-7,17-18,21H,1-3,8-14H2,(H2,22,23,25). The van der Waals surface area contributed by atoms with Gasteiger partial charge in [-0.05, 0) is 69.6 Å². The van der Waals surface area contributed by atoms with E-state index in [1.165, 1.54) is 24.8 Å². The molecule has 3 rings (SSSR count). The van der Waals surface area contributed by atoms with Gasteiger partial charge in [-0.1, -0.05) is 30.2 Å². The summed E-state index contributed by atoms with van der Waals surface area (Å²) in [4.78, 5) is 14.8. The number of hydrogen-bond acceptors (Lipinski definition) is 3. The van der Waals surface area contributed by atoms with E-state index in [0.717, 1.165) is 44.0 Å². The van der Waals surface area contributed by atoms with E-state index in [-0.39, 0.29) is 18.1 Å². The Kier molecular flexibility index (Phi) is 6.96. The Balaban J connectivity index is 1.58. The van der Waals surface area contributed by atoms with Crippen LogP contribution >= 0.6 is 11.6 Å². The van der Waals surface area contributed by atoms with Crippen LogP contribution in [0.25, 0.3) is 0 Å². The van der Waals surface area contributed by atoms with E-state index in [2.05, 4.69) is 33.0 Å². The molecule has 1 aromatic rings. The smallest absolute Gasteiger partial charge is 0.315 e. The van der Waals surface area contributed by atoms with Crippen LogP contribution < -0.4 is 16.0 Å². The molecule has 3 N–H and O–H groups in total. The molecule has 25 heavy (non-hydrogen) atoms. The van der Waals surface area contributed by atoms with Gasteiger partial charge in [-0.3, -0.25) is 4.90 Å². The molecular formula is C19H29ClN4O. The van der Waals surface area contributed by atoms with E-state index in [1.807, 2.05) is 12.1 Å². The number of urea groups is 1. The van der Waals surface area contributed by atoms with Crippen molar-refractivity contribution in [3.8, 4) is 0 Å². The molecule has 1 aromatic carbocycles. The third-order valence-electron chi connectivity index (χ3n) is 5.22. The first-order valence-corrected chi connectivity index (χ1v) is 9.85. The molecule has 0 bridgehead atoms. The molecule has 0 saturated carbocycles. The Labute approximate surface area is 155 Å². The Morgan fingerprint density at radius 2 is 1.84 bits per heavy atom. The van der Waals surface area contributed by atoms with E-state index < -0.39 is 0 Å². The number of likely N-dealkylation sites (tertiary alicyclic amines) is 1. The van der Waals surface area contributed by atoms with Gasteiger partial charge in [0.25, 0.3) is 0 Å². The lowest BCUT2D eigenvalue weighted by Crippen LogP contribution is -2.49. The number of hydrogen-bond donors (Lipinski definition) is 3. The van der Waals surface area contributed by atoms with Crippen molar-refractivity contribution in [1.29, 1.82) is 0 Å². The van der Waals surface area contributed by atoms with Crippen LogP contribution in [0, 0.1) is 0 Å². The number of benzene rings is 1. The number of carbonyl (C=O) groups is 1. The summed E-state index contributed by atoms with van der Waals surface area (Å²) in [6, 6.07) is 8.46. The van der Waals surface area contributed by atoms with Crippen LogP contribution in [0.5, 0.6) is 0 Å². The fourth-order valence-electron chi connectivity index (χ4n) is 3.76. The molecule has 2 aliphatic rings. The zero-order valence-corrected chi connectivity index (χ0v) is 15.5. The second kappa shape index (κ2) is 9.41. The number of carbonyl (C=O) groups excluding carboxylic acids is 1. The molecule has 0 spiro atoms. The molecule has 0 aliphatic carbocycles. The average molecular weight is 365 g/mol. The summed E-state index contributed by atoms with van der Waals surface area (Å²) < 4.78 is 0. The summed E-state index contributed by atoms with van der Waals surface area (Å²) in [5, 5.41) is 10.3. The van der Waals surface area contributed by atoms with Gasteiger partial charge in [0.2, 0.25) is 0 Å². The topological polar surface area (TPSA) is 56.4 Å². The average Bonchev–Trinajstić information content (AvgIpc) is 2.65. The Morgan fingerprint density at radius 3 is 2.52 bits per heavy atom. The highest BCUT2D eigenvalue weighted by molar-refractivity contribution is 6.30. The maximum atomic E-state index is 12.3. The predicted octanol–water partition coefficient (Wildman–Crippen LogP) is 2.92. The fourth-order valence-corrected chi connectivity index (χ4v) is 3.89. The predicted molar refractivity (Wildman–Crippen MR) is 102 cm³/mol. The van der Waals surface area contributed by atoms with Crippen molar-refractivity contribution < 1.29 is 4.79 Å². The number of nitrogens with one attached hydrogen (secondary N) is 3. The zero-order valence-electron chi connectivity index (χ0n) is 14.8. The highest BCUT2D eigenvalue weighted by atomic mass is 35.5. The van der Waals surface area contributed by atoms with E-state index in [4.69, 9.17) is 11.6 Å². The molecule has 2 fully saturated rings. The number of piperidine rings is 2. The molecule has 5 nitrogen and oxygen atoms in total. The quantitative estimate of drug-likeness (QED) is 0.753. The van der Waals surface area contributed by atoms with Crippen molar-refractivity contribution in [2.75, 3.05) is 32.7 Å². The van der Waals surface area contributed by atoms with Crippen LogP contribution in [0.2, 0.25) is 5.02 Å². The number of nitrogens with zero attached hydrogens (tertiary/aromatic N) is 1. The van der Waals surface area contributed by atoms with Crippen molar-refractivity contribution in [3.63, 3.8) is 0 Å². The van der Waals surface area contributed by atoms with Crippen LogP contribution in [-0.4, -0.2) is 49.7 Å². The monoisotopic (exact) mass is 364 g/mol. The van der Waals surface area contributed by atoms with Gasteiger partial charge in [-0.25, -0.2) is 4.79 Å². The summed E-state index contributed by atoms with van der Waals surface area (Å²) in [7, 11) is 0. The van der Waals surface area contributed by atoms with E-state index in [0.29, 0.717) is 6.54 Å². The summed E-state index contributed by atoms with van der Waals surface area (Å²) in [6.45, 7) is 4.76. The first kappa shape index (κ1) is 18.5. The maximum Gasteiger partial charge on any atom is 0.315 e. The Morgan fingerprint density at radius 1 is 1.16 bits per heavy atom. The van der Waals surface area contributed by atoms with Crippen molar-refractivity contribution in [2.45, 2.75) is 44.2 Å². The number of halogens is 1. The first-order valence-electron chi connectivity index (χ1n) is 9.47. The maximum absolute atomic E-state index is 12.3. The lowest BCUT2D eigenvalue weighted by Gasteiger charge is -2.35. The van der Waals surface area contributed by atoms with Gasteiger partial charge < -0.3 is 16.0 Å². The number of amides is 2. The minimum absolute atomic E-state index is 0.0529. The summed E-state index contributed by atoms with van der Waals surface area (Å²) in [5.41, 5.74) is 1.22. The number of rotatable bonds is 5. The minimum atomic E-state index is -0.0529. The van der Waals surface area contributed by atoms with Gasteiger partial charge in [0.15, 0.2) is 0 Å². The van der Waals surface area contributed by atoms with Gasteiger partial charge in [-0.15, -0.1) is 0 Å². The van der Waals surface area contributed by atoms with Crippen LogP contribution in [0.3, 0.4) is 0 Å². The second-order valence-corrected chi connectivity index (χ2v) is 7.48. The Hall–Kier alpha value is -1.30. The van der Waals surface area contributed by atoms with Gasteiger partial charge in [-0.2, -0.15) is 0 Å². The van der Waals surface area contributed by atoms with Crippen molar-refractivity contribution >= 4 is 17.6 Å². The van der Waals surface area contributed by atoms with Crippen molar-refractivity contribution in [1.82, 2.24) is 20.9 Å². The molecule has 2 heterocycles. The first-order chi connectivity index (χ1) is 12.2. The summed E-state index contributed by atoms with van der Waals surface area (Å²) in [6.07, 6.45) is 5.75. The normalized spacial score (nSPS) is 20.8. The highest BCUT2D eigenvalue weighted by Crippen LogP contribution is 2.25. The third-order valence-corrected chi connectivity index (χ3v) is 5.47. The molecular weight excluding hydrogens is 336 g/mol. The van der Waals surface area contributed by atoms with Crippen LogP contribution in [0.15, 0.2) is 24.3 Å². The fraction of sp³-hybridized carbons (Fsp3) is 0.632. The summed E-state index contributed by atoms with van der Waals surface area (Å²) in [5.74, 6) is 0. The SMILES string of the molecule is O=C(NCC(c1ccc(Cl)cc1)N1CCCCC1)NC1CCNCC1. The largest absolute Gasteiger partial charge is 0.336 e. The van der Waals surface area contributed by atoms with Gasteiger partial charge in [0.1, 0.15) is 0 Å². The van der Waals surface area contributed by atoms with Crippen LogP contribution in [0.1, 0.15) is 43.7 Å². The molecule has 2 saturated heterocycles. The van der Waals surface area contributed by atoms with Crippen molar-refractivity contribution in [2.24, 2.45) is 0 Å². The third kappa shape index (κ3) is 5.59. The van der Waals surface area contributed by atoms with Crippen LogP contribution in [0.4, 0.5) is 4.79 Å². The van der Waals surface area contributed by atoms with E-state index in [1.54, 1.807) is 0 Å². The molecule has 0 aromatic heterocycles. The summed E-state index contributed by atoms with van der Waals surface area (Å²) >= 11 is 6.04. The molecule has 1 atom stereocenters. The highest BCUT2D eigenvalue weighted by Gasteiger charge is 2.23. The molecule has 138 valence electrons. The zero-order chi connectivity index (χ0) is 17.5. The van der Waals surface area contributed by atoms with Crippen LogP contribution in [-0.2, 0) is 0 Å². The van der Waals surface area contributed by atoms with E-state index in [9.17, 15) is 4.79 Å². The molecule has 0 radical (unpaired) electrons. The second-order valence-electron chi connectivity index (χ2n) is 7.04. The Bertz CT molecular complexity index is 539. The molecule has 6 heteroatoms. The van der Waals surface area contributed by atoms with Gasteiger partial charge >= 0.3 is 6.03 Å². The van der Waals surface area contributed by atoms with Gasteiger partial charge in [0, 0.05) is 17.6 Å². The van der Waals surface area contributed by atoms with E-state index >= 15 is 0 Å². The molecule has 2 aliphatic heterocycles. The molecule has 1 unspecified atom stereocenters. The lowest BCUT2D eigenvalue weighted by atomic mass is 10.0. The molecule has 2 amide bonds. The minimum Gasteiger partial charge on any atom is -0.336 e.